The minimum atomic E-state index is -1.24. The molecule has 0 fully saturated rings. The highest BCUT2D eigenvalue weighted by Gasteiger charge is 2.27. The normalized spacial score (nSPS) is 14.7. The molecule has 7 N–H and O–H groups in total. The number of aliphatic hydroxyl groups excluding tert-OH is 3. The first-order chi connectivity index (χ1) is 18.0. The molecule has 10 heteroatoms. The first-order valence-corrected chi connectivity index (χ1v) is 12.8. The Kier molecular flexibility index (Phi) is 12.5. The van der Waals surface area contributed by atoms with Crippen LogP contribution in [0, 0.1) is 0 Å². The van der Waals surface area contributed by atoms with E-state index in [1.165, 1.54) is 0 Å². The number of carbonyl (C=O) groups excluding carboxylic acids is 1. The first kappa shape index (κ1) is 31.0. The van der Waals surface area contributed by atoms with E-state index < -0.39 is 42.1 Å². The molecular weight excluding hydrogens is 490 g/mol. The van der Waals surface area contributed by atoms with E-state index in [2.05, 4.69) is 16.0 Å². The number of carbonyl (C=O) groups is 2. The lowest BCUT2D eigenvalue weighted by atomic mass is 9.95. The Labute approximate surface area is 224 Å². The number of ether oxygens (including phenoxy) is 1. The molecule has 0 heterocycles. The highest BCUT2D eigenvalue weighted by molar-refractivity contribution is 5.68. The molecule has 2 amide bonds. The van der Waals surface area contributed by atoms with E-state index in [1.807, 2.05) is 54.6 Å². The summed E-state index contributed by atoms with van der Waals surface area (Å²) in [5.41, 5.74) is 1.93. The Balaban J connectivity index is 2.06. The standard InChI is InChI=1S/C28H41N3O7/c1-28(2,3)38-27(37)31-23(16-21-12-8-7-11-20(21)13-14-32)25(34)18-29-17-24(33)22(30-26(35)36)15-19-9-5-4-6-10-19/h4-12,22-25,29-30,32-34H,13-18H2,1-3H3,(H,31,37)(H,35,36)/t22-,23-,24+,25?/m0/s1. The van der Waals surface area contributed by atoms with Crippen LogP contribution in [0.15, 0.2) is 54.6 Å². The van der Waals surface area contributed by atoms with Crippen LogP contribution in [0.1, 0.15) is 37.5 Å². The van der Waals surface area contributed by atoms with Crippen LogP contribution < -0.4 is 16.0 Å². The molecule has 4 atom stereocenters. The highest BCUT2D eigenvalue weighted by atomic mass is 16.6. The van der Waals surface area contributed by atoms with Gasteiger partial charge in [-0.3, -0.25) is 0 Å². The Morgan fingerprint density at radius 1 is 0.842 bits per heavy atom. The lowest BCUT2D eigenvalue weighted by molar-refractivity contribution is 0.0416. The fourth-order valence-corrected chi connectivity index (χ4v) is 4.07. The topological polar surface area (TPSA) is 160 Å². The molecule has 0 radical (unpaired) electrons. The van der Waals surface area contributed by atoms with Gasteiger partial charge in [0.2, 0.25) is 0 Å². The van der Waals surface area contributed by atoms with Gasteiger partial charge in [0.05, 0.1) is 24.3 Å². The van der Waals surface area contributed by atoms with Crippen molar-refractivity contribution in [1.29, 1.82) is 0 Å². The molecule has 1 unspecified atom stereocenters. The second kappa shape index (κ2) is 15.3. The van der Waals surface area contributed by atoms with Crippen molar-refractivity contribution in [2.24, 2.45) is 0 Å². The lowest BCUT2D eigenvalue weighted by Gasteiger charge is -2.28. The second-order valence-electron chi connectivity index (χ2n) is 10.2. The van der Waals surface area contributed by atoms with Crippen LogP contribution in [0.2, 0.25) is 0 Å². The van der Waals surface area contributed by atoms with Gasteiger partial charge in [-0.2, -0.15) is 0 Å². The highest BCUT2D eigenvalue weighted by Crippen LogP contribution is 2.15. The molecule has 0 aromatic heterocycles. The third-order valence-electron chi connectivity index (χ3n) is 5.88. The van der Waals surface area contributed by atoms with Gasteiger partial charge in [0.1, 0.15) is 5.60 Å². The summed E-state index contributed by atoms with van der Waals surface area (Å²) in [5.74, 6) is 0. The molecule has 0 aliphatic heterocycles. The van der Waals surface area contributed by atoms with Crippen molar-refractivity contribution in [3.63, 3.8) is 0 Å². The number of rotatable bonds is 14. The molecule has 2 rings (SSSR count). The number of carboxylic acid groups (broad SMARTS) is 1. The summed E-state index contributed by atoms with van der Waals surface area (Å²) < 4.78 is 5.38. The summed E-state index contributed by atoms with van der Waals surface area (Å²) in [5, 5.41) is 48.4. The third-order valence-corrected chi connectivity index (χ3v) is 5.88. The van der Waals surface area contributed by atoms with Crippen LogP contribution in [-0.4, -0.2) is 82.2 Å². The summed E-state index contributed by atoms with van der Waals surface area (Å²) in [6.07, 6.45) is -3.02. The van der Waals surface area contributed by atoms with E-state index in [0.717, 1.165) is 16.7 Å². The number of aliphatic hydroxyl groups is 3. The SMILES string of the molecule is CC(C)(C)OC(=O)N[C@@H](Cc1ccccc1CCO)C(O)CNC[C@@H](O)[C@H](Cc1ccccc1)NC(=O)O. The Hall–Kier alpha value is -3.18. The van der Waals surface area contributed by atoms with Crippen molar-refractivity contribution in [3.05, 3.63) is 71.3 Å². The van der Waals surface area contributed by atoms with Crippen molar-refractivity contribution in [3.8, 4) is 0 Å². The summed E-state index contributed by atoms with van der Waals surface area (Å²) in [6.45, 7) is 5.23. The van der Waals surface area contributed by atoms with Gasteiger partial charge in [0.25, 0.3) is 0 Å². The van der Waals surface area contributed by atoms with Gasteiger partial charge >= 0.3 is 12.2 Å². The lowest BCUT2D eigenvalue weighted by Crippen LogP contribution is -2.52. The van der Waals surface area contributed by atoms with Gasteiger partial charge in [0.15, 0.2) is 0 Å². The maximum absolute atomic E-state index is 12.5. The second-order valence-corrected chi connectivity index (χ2v) is 10.2. The maximum atomic E-state index is 12.5. The van der Waals surface area contributed by atoms with Crippen LogP contribution in [0.3, 0.4) is 0 Å². The summed E-state index contributed by atoms with van der Waals surface area (Å²) in [6, 6.07) is 15.2. The summed E-state index contributed by atoms with van der Waals surface area (Å²) >= 11 is 0. The molecule has 2 aromatic carbocycles. The van der Waals surface area contributed by atoms with Crippen LogP contribution in [0.4, 0.5) is 9.59 Å². The van der Waals surface area contributed by atoms with Gasteiger partial charge in [-0.05, 0) is 56.7 Å². The third kappa shape index (κ3) is 11.5. The Bertz CT molecular complexity index is 997. The van der Waals surface area contributed by atoms with E-state index in [1.54, 1.807) is 20.8 Å². The molecule has 0 aliphatic rings. The predicted octanol–water partition coefficient (Wildman–Crippen LogP) is 1.85. The molecule has 0 spiro atoms. The minimum absolute atomic E-state index is 0.00902. The minimum Gasteiger partial charge on any atom is -0.465 e. The predicted molar refractivity (Wildman–Crippen MR) is 144 cm³/mol. The number of nitrogens with one attached hydrogen (secondary N) is 3. The molecule has 38 heavy (non-hydrogen) atoms. The fourth-order valence-electron chi connectivity index (χ4n) is 4.07. The average molecular weight is 532 g/mol. The fraction of sp³-hybridized carbons (Fsp3) is 0.500. The summed E-state index contributed by atoms with van der Waals surface area (Å²) in [4.78, 5) is 23.8. The largest absolute Gasteiger partial charge is 0.465 e. The molecule has 210 valence electrons. The molecule has 0 aliphatic carbocycles. The molecule has 2 aromatic rings. The van der Waals surface area contributed by atoms with Crippen molar-refractivity contribution < 1.29 is 34.8 Å². The number of hydrogen-bond donors (Lipinski definition) is 7. The number of benzene rings is 2. The number of hydrogen-bond acceptors (Lipinski definition) is 7. The van der Waals surface area contributed by atoms with Crippen molar-refractivity contribution in [2.45, 2.75) is 69.9 Å². The Morgan fingerprint density at radius 3 is 1.95 bits per heavy atom. The van der Waals surface area contributed by atoms with Crippen molar-refractivity contribution >= 4 is 12.2 Å². The zero-order valence-electron chi connectivity index (χ0n) is 22.3. The molecule has 0 bridgehead atoms. The first-order valence-electron chi connectivity index (χ1n) is 12.8. The van der Waals surface area contributed by atoms with E-state index >= 15 is 0 Å². The van der Waals surface area contributed by atoms with Gasteiger partial charge in [-0.25, -0.2) is 9.59 Å². The number of alkyl carbamates (subject to hydrolysis) is 1. The van der Waals surface area contributed by atoms with Crippen LogP contribution in [0.5, 0.6) is 0 Å². The quantitative estimate of drug-likeness (QED) is 0.194. The van der Waals surface area contributed by atoms with E-state index in [9.17, 15) is 30.0 Å². The van der Waals surface area contributed by atoms with Gasteiger partial charge in [-0.15, -0.1) is 0 Å². The smallest absolute Gasteiger partial charge is 0.407 e. The van der Waals surface area contributed by atoms with Gasteiger partial charge in [-0.1, -0.05) is 54.6 Å². The van der Waals surface area contributed by atoms with Crippen molar-refractivity contribution in [2.75, 3.05) is 19.7 Å². The molecule has 0 saturated heterocycles. The Morgan fingerprint density at radius 2 is 1.39 bits per heavy atom. The van der Waals surface area contributed by atoms with Crippen molar-refractivity contribution in [1.82, 2.24) is 16.0 Å². The molecule has 0 saturated carbocycles. The van der Waals surface area contributed by atoms with Crippen LogP contribution in [-0.2, 0) is 24.0 Å². The van der Waals surface area contributed by atoms with E-state index in [0.29, 0.717) is 12.8 Å². The zero-order valence-corrected chi connectivity index (χ0v) is 22.3. The molecular formula is C28H41N3O7. The zero-order chi connectivity index (χ0) is 28.1. The molecule has 10 nitrogen and oxygen atoms in total. The van der Waals surface area contributed by atoms with Crippen LogP contribution in [0.25, 0.3) is 0 Å². The van der Waals surface area contributed by atoms with Gasteiger partial charge < -0.3 is 41.1 Å². The van der Waals surface area contributed by atoms with Gasteiger partial charge in [0, 0.05) is 19.7 Å². The van der Waals surface area contributed by atoms with Crippen LogP contribution >= 0.6 is 0 Å². The van der Waals surface area contributed by atoms with E-state index in [-0.39, 0.29) is 26.1 Å². The maximum Gasteiger partial charge on any atom is 0.407 e. The monoisotopic (exact) mass is 531 g/mol. The summed E-state index contributed by atoms with van der Waals surface area (Å²) in [7, 11) is 0. The average Bonchev–Trinajstić information content (AvgIpc) is 2.83. The van der Waals surface area contributed by atoms with E-state index in [4.69, 9.17) is 4.74 Å². The number of amides is 2.